The lowest BCUT2D eigenvalue weighted by atomic mass is 10.0. The van der Waals surface area contributed by atoms with Crippen molar-refractivity contribution in [1.82, 2.24) is 4.90 Å². The normalized spacial score (nSPS) is 15.8. The summed E-state index contributed by atoms with van der Waals surface area (Å²) in [6, 6.07) is 8.34. The molecule has 0 saturated carbocycles. The summed E-state index contributed by atoms with van der Waals surface area (Å²) in [6.07, 6.45) is 24.6. The molecular weight excluding hydrogens is 526 g/mol. The molecule has 6 heteroatoms. The van der Waals surface area contributed by atoms with E-state index in [0.717, 1.165) is 25.0 Å². The zero-order valence-electron chi connectivity index (χ0n) is 27.0. The van der Waals surface area contributed by atoms with Crippen LogP contribution in [0.4, 0.5) is 0 Å². The molecule has 1 heterocycles. The van der Waals surface area contributed by atoms with E-state index >= 15 is 0 Å². The Hall–Kier alpha value is -2.08. The zero-order valence-corrected chi connectivity index (χ0v) is 27.0. The molecule has 2 rings (SSSR count). The maximum absolute atomic E-state index is 12.3. The van der Waals surface area contributed by atoms with Crippen molar-refractivity contribution in [2.45, 2.75) is 155 Å². The number of carbonyl (C=O) groups excluding carboxylic acids is 1. The number of hydrogen-bond acceptors (Lipinski definition) is 4. The fourth-order valence-electron chi connectivity index (χ4n) is 5.74. The molecule has 1 aromatic rings. The van der Waals surface area contributed by atoms with Gasteiger partial charge < -0.3 is 19.5 Å². The highest BCUT2D eigenvalue weighted by molar-refractivity contribution is 5.86. The van der Waals surface area contributed by atoms with E-state index in [0.29, 0.717) is 19.6 Å². The number of aliphatic carboxylic acids is 1. The summed E-state index contributed by atoms with van der Waals surface area (Å²) in [7, 11) is 0. The van der Waals surface area contributed by atoms with Crippen LogP contribution in [0.3, 0.4) is 0 Å². The van der Waals surface area contributed by atoms with Gasteiger partial charge in [0.15, 0.2) is 0 Å². The van der Waals surface area contributed by atoms with Crippen molar-refractivity contribution in [3.05, 3.63) is 29.8 Å². The first kappa shape index (κ1) is 36.1. The van der Waals surface area contributed by atoms with Gasteiger partial charge in [0.05, 0.1) is 12.5 Å². The van der Waals surface area contributed by atoms with Crippen molar-refractivity contribution in [2.75, 3.05) is 19.7 Å². The number of nitrogens with zero attached hydrogens (tertiary/aromatic N) is 1. The molecule has 1 N–H and O–H groups in total. The number of aryl methyl sites for hydroxylation is 1. The first-order valence-corrected chi connectivity index (χ1v) is 17.4. The quantitative estimate of drug-likeness (QED) is 0.0820. The fourth-order valence-corrected chi connectivity index (χ4v) is 5.74. The highest BCUT2D eigenvalue weighted by atomic mass is 16.7. The molecule has 0 spiro atoms. The summed E-state index contributed by atoms with van der Waals surface area (Å²) in [5, 5.41) is 9.31. The van der Waals surface area contributed by atoms with E-state index in [9.17, 15) is 14.7 Å². The van der Waals surface area contributed by atoms with Crippen LogP contribution in [0.15, 0.2) is 24.3 Å². The van der Waals surface area contributed by atoms with Crippen LogP contribution in [0, 0.1) is 5.92 Å². The monoisotopic (exact) mass is 587 g/mol. The van der Waals surface area contributed by atoms with E-state index in [4.69, 9.17) is 9.47 Å². The molecule has 2 atom stereocenters. The third-order valence-electron chi connectivity index (χ3n) is 8.51. The van der Waals surface area contributed by atoms with Gasteiger partial charge in [-0.3, -0.25) is 9.59 Å². The summed E-state index contributed by atoms with van der Waals surface area (Å²) in [5.41, 5.74) is 1.33. The zero-order chi connectivity index (χ0) is 30.3. The molecule has 2 unspecified atom stereocenters. The first-order valence-electron chi connectivity index (χ1n) is 17.4. The van der Waals surface area contributed by atoms with E-state index in [1.54, 1.807) is 4.90 Å². The molecule has 1 saturated heterocycles. The van der Waals surface area contributed by atoms with Gasteiger partial charge in [0.1, 0.15) is 5.75 Å². The van der Waals surface area contributed by atoms with E-state index < -0.39 is 18.2 Å². The molecule has 0 aromatic heterocycles. The van der Waals surface area contributed by atoms with Crippen LogP contribution in [0.2, 0.25) is 0 Å². The van der Waals surface area contributed by atoms with Crippen molar-refractivity contribution >= 4 is 11.9 Å². The minimum atomic E-state index is -0.900. The summed E-state index contributed by atoms with van der Waals surface area (Å²) in [6.45, 7) is 5.86. The summed E-state index contributed by atoms with van der Waals surface area (Å²) < 4.78 is 12.4. The molecule has 1 amide bonds. The van der Waals surface area contributed by atoms with Crippen LogP contribution < -0.4 is 4.74 Å². The number of ether oxygens (including phenoxy) is 2. The molecule has 1 aromatic carbocycles. The second kappa shape index (κ2) is 23.4. The number of benzene rings is 1. The lowest BCUT2D eigenvalue weighted by Gasteiger charge is -2.23. The highest BCUT2D eigenvalue weighted by Crippen LogP contribution is 2.21. The maximum atomic E-state index is 12.3. The van der Waals surface area contributed by atoms with Crippen LogP contribution in [-0.2, 0) is 20.7 Å². The van der Waals surface area contributed by atoms with Gasteiger partial charge in [-0.25, -0.2) is 0 Å². The van der Waals surface area contributed by atoms with Crippen molar-refractivity contribution in [3.63, 3.8) is 0 Å². The molecule has 42 heavy (non-hydrogen) atoms. The van der Waals surface area contributed by atoms with E-state index in [-0.39, 0.29) is 18.9 Å². The van der Waals surface area contributed by atoms with Crippen molar-refractivity contribution < 1.29 is 24.2 Å². The molecule has 240 valence electrons. The topological polar surface area (TPSA) is 76.1 Å². The summed E-state index contributed by atoms with van der Waals surface area (Å²) >= 11 is 0. The van der Waals surface area contributed by atoms with Gasteiger partial charge in [-0.1, -0.05) is 129 Å². The predicted molar refractivity (Wildman–Crippen MR) is 172 cm³/mol. The van der Waals surface area contributed by atoms with Gasteiger partial charge in [-0.05, 0) is 37.0 Å². The number of carboxylic acids is 1. The molecule has 0 aliphatic carbocycles. The number of unbranched alkanes of at least 4 members (excludes halogenated alkanes) is 16. The van der Waals surface area contributed by atoms with E-state index in [2.05, 4.69) is 26.0 Å². The maximum Gasteiger partial charge on any atom is 0.308 e. The Morgan fingerprint density at radius 3 is 1.86 bits per heavy atom. The third-order valence-corrected chi connectivity index (χ3v) is 8.51. The fraction of sp³-hybridized carbons (Fsp3) is 0.778. The SMILES string of the molecule is CCCCCCCCCCCCCOC(CCN1CC(C(=O)O)CC1=O)Oc1ccc(CCCCCCCCC)cc1. The predicted octanol–water partition coefficient (Wildman–Crippen LogP) is 9.34. The Morgan fingerprint density at radius 2 is 1.33 bits per heavy atom. The van der Waals surface area contributed by atoms with Gasteiger partial charge in [0, 0.05) is 25.9 Å². The average Bonchev–Trinajstić information content (AvgIpc) is 3.37. The van der Waals surface area contributed by atoms with Crippen molar-refractivity contribution in [3.8, 4) is 5.75 Å². The number of carbonyl (C=O) groups is 2. The number of amides is 1. The molecule has 0 bridgehead atoms. The third kappa shape index (κ3) is 16.5. The largest absolute Gasteiger partial charge is 0.481 e. The van der Waals surface area contributed by atoms with Crippen molar-refractivity contribution in [1.29, 1.82) is 0 Å². The van der Waals surface area contributed by atoms with Gasteiger partial charge in [0.25, 0.3) is 0 Å². The Labute approximate surface area is 256 Å². The van der Waals surface area contributed by atoms with E-state index in [1.165, 1.54) is 108 Å². The van der Waals surface area contributed by atoms with Gasteiger partial charge in [0.2, 0.25) is 12.2 Å². The first-order chi connectivity index (χ1) is 20.5. The van der Waals surface area contributed by atoms with Crippen LogP contribution in [0.5, 0.6) is 5.75 Å². The Balaban J connectivity index is 1.73. The second-order valence-corrected chi connectivity index (χ2v) is 12.3. The molecule has 1 fully saturated rings. The van der Waals surface area contributed by atoms with Crippen molar-refractivity contribution in [2.24, 2.45) is 5.92 Å². The molecule has 1 aliphatic rings. The van der Waals surface area contributed by atoms with Crippen LogP contribution in [-0.4, -0.2) is 47.9 Å². The lowest BCUT2D eigenvalue weighted by molar-refractivity contribution is -0.141. The Bertz CT molecular complexity index is 827. The van der Waals surface area contributed by atoms with Gasteiger partial charge >= 0.3 is 5.97 Å². The molecule has 6 nitrogen and oxygen atoms in total. The molecular formula is C36H61NO5. The van der Waals surface area contributed by atoms with Crippen LogP contribution >= 0.6 is 0 Å². The highest BCUT2D eigenvalue weighted by Gasteiger charge is 2.34. The minimum Gasteiger partial charge on any atom is -0.481 e. The average molecular weight is 588 g/mol. The molecule has 0 radical (unpaired) electrons. The van der Waals surface area contributed by atoms with Gasteiger partial charge in [-0.2, -0.15) is 0 Å². The minimum absolute atomic E-state index is 0.0840. The lowest BCUT2D eigenvalue weighted by Crippen LogP contribution is -2.32. The molecule has 1 aliphatic heterocycles. The number of likely N-dealkylation sites (tertiary alicyclic amines) is 1. The number of hydrogen-bond donors (Lipinski definition) is 1. The van der Waals surface area contributed by atoms with Crippen LogP contribution in [0.25, 0.3) is 0 Å². The summed E-state index contributed by atoms with van der Waals surface area (Å²) in [4.78, 5) is 25.3. The smallest absolute Gasteiger partial charge is 0.308 e. The van der Waals surface area contributed by atoms with E-state index in [1.807, 2.05) is 12.1 Å². The van der Waals surface area contributed by atoms with Crippen LogP contribution in [0.1, 0.15) is 148 Å². The Morgan fingerprint density at radius 1 is 0.810 bits per heavy atom. The number of rotatable bonds is 27. The Kier molecular flexibility index (Phi) is 20.1. The standard InChI is InChI=1S/C36H61NO5/c1-3-5-7-9-11-12-13-14-16-18-20-28-41-35(26-27-37-30-32(36(39)40)29-34(37)38)42-33-24-22-31(23-25-33)21-19-17-15-10-8-6-4-2/h22-25,32,35H,3-21,26-30H2,1-2H3,(H,39,40). The van der Waals surface area contributed by atoms with Gasteiger partial charge in [-0.15, -0.1) is 0 Å². The number of carboxylic acid groups (broad SMARTS) is 1. The summed E-state index contributed by atoms with van der Waals surface area (Å²) in [5.74, 6) is -0.833. The second-order valence-electron chi connectivity index (χ2n) is 12.3.